The lowest BCUT2D eigenvalue weighted by Gasteiger charge is -2.26. The zero-order chi connectivity index (χ0) is 22.5. The fourth-order valence-corrected chi connectivity index (χ4v) is 3.27. The molecule has 0 saturated heterocycles. The highest BCUT2D eigenvalue weighted by Gasteiger charge is 2.32. The van der Waals surface area contributed by atoms with Gasteiger partial charge in [0, 0.05) is 5.92 Å². The maximum Gasteiger partial charge on any atom is 0.339 e. The van der Waals surface area contributed by atoms with Gasteiger partial charge >= 0.3 is 22.1 Å². The van der Waals surface area contributed by atoms with Gasteiger partial charge in [-0.05, 0) is 43.2 Å². The van der Waals surface area contributed by atoms with E-state index in [4.69, 9.17) is 10.5 Å². The van der Waals surface area contributed by atoms with Crippen LogP contribution in [0.4, 0.5) is 0 Å². The Hall–Kier alpha value is -3.11. The molecule has 0 aliphatic heterocycles. The van der Waals surface area contributed by atoms with E-state index < -0.39 is 45.9 Å². The van der Waals surface area contributed by atoms with Crippen LogP contribution in [0.15, 0.2) is 48.5 Å². The molecule has 0 amide bonds. The summed E-state index contributed by atoms with van der Waals surface area (Å²) < 4.78 is 32.3. The fraction of sp³-hybridized carbons (Fsp3) is 0.300. The molecule has 0 radical (unpaired) electrons. The number of hydrogen-bond acceptors (Lipinski definition) is 9. The van der Waals surface area contributed by atoms with Gasteiger partial charge in [-0.1, -0.05) is 24.3 Å². The number of carbonyl (C=O) groups excluding carboxylic acids is 2. The Labute approximate surface area is 174 Å². The molecular formula is C20H23NO8S. The van der Waals surface area contributed by atoms with Gasteiger partial charge in [-0.3, -0.25) is 0 Å². The van der Waals surface area contributed by atoms with Gasteiger partial charge in [-0.2, -0.15) is 8.42 Å². The van der Waals surface area contributed by atoms with E-state index in [1.165, 1.54) is 18.2 Å². The number of phenols is 2. The van der Waals surface area contributed by atoms with Crippen LogP contribution in [-0.4, -0.2) is 49.0 Å². The third-order valence-electron chi connectivity index (χ3n) is 4.27. The van der Waals surface area contributed by atoms with Crippen molar-refractivity contribution in [1.82, 2.24) is 0 Å². The van der Waals surface area contributed by atoms with Crippen molar-refractivity contribution >= 4 is 22.1 Å². The van der Waals surface area contributed by atoms with Gasteiger partial charge in [0.25, 0.3) is 0 Å². The molecule has 0 fully saturated rings. The Bertz CT molecular complexity index is 1010. The van der Waals surface area contributed by atoms with Crippen molar-refractivity contribution in [1.29, 1.82) is 0 Å². The molecular weight excluding hydrogens is 414 g/mol. The number of esters is 1. The number of nitrogens with two attached hydrogens (primary N) is 1. The molecule has 10 heteroatoms. The molecule has 30 heavy (non-hydrogen) atoms. The highest BCUT2D eigenvalue weighted by Crippen LogP contribution is 2.33. The SMILES string of the molecule is CC(CC(c1ccc(O)c(O)c1)[C@H](N)C(=O)OS(C)(=O)=O)OC(=O)c1ccccc1. The maximum absolute atomic E-state index is 12.3. The van der Waals surface area contributed by atoms with Gasteiger partial charge < -0.3 is 24.9 Å². The molecule has 9 nitrogen and oxygen atoms in total. The third-order valence-corrected chi connectivity index (χ3v) is 4.74. The summed E-state index contributed by atoms with van der Waals surface area (Å²) in [5, 5.41) is 19.3. The van der Waals surface area contributed by atoms with Gasteiger partial charge in [-0.15, -0.1) is 0 Å². The molecule has 2 rings (SSSR count). The first-order chi connectivity index (χ1) is 14.0. The highest BCUT2D eigenvalue weighted by atomic mass is 32.2. The fourth-order valence-electron chi connectivity index (χ4n) is 2.86. The molecule has 0 heterocycles. The van der Waals surface area contributed by atoms with Crippen LogP contribution in [0.1, 0.15) is 35.2 Å². The van der Waals surface area contributed by atoms with E-state index >= 15 is 0 Å². The van der Waals surface area contributed by atoms with Crippen LogP contribution in [0.3, 0.4) is 0 Å². The topological polar surface area (TPSA) is 153 Å². The molecule has 162 valence electrons. The number of hydrogen-bond donors (Lipinski definition) is 3. The lowest BCUT2D eigenvalue weighted by atomic mass is 9.87. The average molecular weight is 437 g/mol. The molecule has 2 aromatic rings. The average Bonchev–Trinajstić information content (AvgIpc) is 2.67. The Kier molecular flexibility index (Phi) is 7.41. The molecule has 0 bridgehead atoms. The number of ether oxygens (including phenoxy) is 1. The molecule has 0 saturated carbocycles. The zero-order valence-electron chi connectivity index (χ0n) is 16.4. The lowest BCUT2D eigenvalue weighted by Crippen LogP contribution is -2.40. The standard InChI is InChI=1S/C20H23NO8S/c1-12(28-19(24)13-6-4-3-5-7-13)10-15(14-8-9-16(22)17(23)11-14)18(21)20(25)29-30(2,26)27/h3-9,11-12,15,18,22-23H,10,21H2,1-2H3/t12?,15?,18-/m0/s1. The monoisotopic (exact) mass is 437 g/mol. The van der Waals surface area contributed by atoms with E-state index in [0.29, 0.717) is 17.4 Å². The van der Waals surface area contributed by atoms with Gasteiger partial charge in [0.15, 0.2) is 11.5 Å². The smallest absolute Gasteiger partial charge is 0.339 e. The van der Waals surface area contributed by atoms with Crippen molar-refractivity contribution in [2.45, 2.75) is 31.4 Å². The van der Waals surface area contributed by atoms with Crippen LogP contribution >= 0.6 is 0 Å². The van der Waals surface area contributed by atoms with Crippen LogP contribution in [0, 0.1) is 0 Å². The van der Waals surface area contributed by atoms with Crippen LogP contribution in [0.5, 0.6) is 11.5 Å². The number of carbonyl (C=O) groups is 2. The Morgan fingerprint density at radius 2 is 1.70 bits per heavy atom. The summed E-state index contributed by atoms with van der Waals surface area (Å²) in [6, 6.07) is 10.6. The summed E-state index contributed by atoms with van der Waals surface area (Å²) in [5.74, 6) is -3.49. The third kappa shape index (κ3) is 6.46. The van der Waals surface area contributed by atoms with Crippen LogP contribution < -0.4 is 5.73 Å². The van der Waals surface area contributed by atoms with Crippen LogP contribution in [-0.2, 0) is 23.8 Å². The van der Waals surface area contributed by atoms with E-state index in [9.17, 15) is 28.2 Å². The van der Waals surface area contributed by atoms with Crippen molar-refractivity contribution in [2.24, 2.45) is 5.73 Å². The molecule has 0 aliphatic carbocycles. The summed E-state index contributed by atoms with van der Waals surface area (Å²) in [6.45, 7) is 1.59. The summed E-state index contributed by atoms with van der Waals surface area (Å²) in [6.07, 6.45) is 0.00209. The van der Waals surface area contributed by atoms with Crippen molar-refractivity contribution in [3.8, 4) is 11.5 Å². The molecule has 3 atom stereocenters. The summed E-state index contributed by atoms with van der Waals surface area (Å²) >= 11 is 0. The van der Waals surface area contributed by atoms with Gasteiger partial charge in [0.1, 0.15) is 12.1 Å². The van der Waals surface area contributed by atoms with Gasteiger partial charge in [-0.25, -0.2) is 9.59 Å². The zero-order valence-corrected chi connectivity index (χ0v) is 17.2. The van der Waals surface area contributed by atoms with E-state index in [-0.39, 0.29) is 12.2 Å². The molecule has 0 aliphatic rings. The van der Waals surface area contributed by atoms with Crippen LogP contribution in [0.2, 0.25) is 0 Å². The molecule has 2 unspecified atom stereocenters. The van der Waals surface area contributed by atoms with Crippen molar-refractivity contribution in [3.63, 3.8) is 0 Å². The largest absolute Gasteiger partial charge is 0.504 e. The summed E-state index contributed by atoms with van der Waals surface area (Å²) in [5.41, 5.74) is 6.62. The Morgan fingerprint density at radius 1 is 1.07 bits per heavy atom. The Morgan fingerprint density at radius 3 is 2.27 bits per heavy atom. The minimum Gasteiger partial charge on any atom is -0.504 e. The van der Waals surface area contributed by atoms with Gasteiger partial charge in [0.2, 0.25) is 0 Å². The van der Waals surface area contributed by atoms with E-state index in [2.05, 4.69) is 4.18 Å². The normalized spacial score (nSPS) is 14.4. The van der Waals surface area contributed by atoms with Crippen molar-refractivity contribution < 1.29 is 37.1 Å². The minimum atomic E-state index is -4.09. The molecule has 0 spiro atoms. The first kappa shape index (κ1) is 23.2. The van der Waals surface area contributed by atoms with Crippen molar-refractivity contribution in [2.75, 3.05) is 6.26 Å². The number of benzene rings is 2. The van der Waals surface area contributed by atoms with Gasteiger partial charge in [0.05, 0.1) is 11.8 Å². The van der Waals surface area contributed by atoms with E-state index in [0.717, 1.165) is 0 Å². The molecule has 4 N–H and O–H groups in total. The second kappa shape index (κ2) is 9.59. The second-order valence-electron chi connectivity index (χ2n) is 6.80. The van der Waals surface area contributed by atoms with E-state index in [1.54, 1.807) is 37.3 Å². The summed E-state index contributed by atoms with van der Waals surface area (Å²) in [4.78, 5) is 24.5. The number of aromatic hydroxyl groups is 2. The lowest BCUT2D eigenvalue weighted by molar-refractivity contribution is -0.135. The summed E-state index contributed by atoms with van der Waals surface area (Å²) in [7, 11) is -4.09. The first-order valence-electron chi connectivity index (χ1n) is 8.94. The maximum atomic E-state index is 12.3. The Balaban J connectivity index is 2.25. The molecule has 2 aromatic carbocycles. The quantitative estimate of drug-likeness (QED) is 0.318. The van der Waals surface area contributed by atoms with Crippen molar-refractivity contribution in [3.05, 3.63) is 59.7 Å². The van der Waals surface area contributed by atoms with E-state index in [1.807, 2.05) is 0 Å². The number of rotatable bonds is 8. The number of phenolic OH excluding ortho intramolecular Hbond substituents is 2. The predicted octanol–water partition coefficient (Wildman–Crippen LogP) is 1.65. The first-order valence-corrected chi connectivity index (χ1v) is 10.8. The second-order valence-corrected chi connectivity index (χ2v) is 8.38. The highest BCUT2D eigenvalue weighted by molar-refractivity contribution is 7.86. The predicted molar refractivity (Wildman–Crippen MR) is 107 cm³/mol. The minimum absolute atomic E-state index is 0.0167. The van der Waals surface area contributed by atoms with Crippen LogP contribution in [0.25, 0.3) is 0 Å². The molecule has 0 aromatic heterocycles.